The fourth-order valence-electron chi connectivity index (χ4n) is 2.78. The molecule has 2 N–H and O–H groups in total. The van der Waals surface area contributed by atoms with Crippen LogP contribution in [0.1, 0.15) is 17.0 Å². The van der Waals surface area contributed by atoms with Gasteiger partial charge in [0.2, 0.25) is 0 Å². The van der Waals surface area contributed by atoms with E-state index in [4.69, 9.17) is 0 Å². The van der Waals surface area contributed by atoms with Crippen LogP contribution >= 0.6 is 0 Å². The minimum atomic E-state index is 0.333. The van der Waals surface area contributed by atoms with Gasteiger partial charge in [0.05, 0.1) is 11.4 Å². The van der Waals surface area contributed by atoms with Crippen LogP contribution in [0.5, 0.6) is 5.75 Å². The maximum atomic E-state index is 10.1. The first-order valence-corrected chi connectivity index (χ1v) is 8.81. The van der Waals surface area contributed by atoms with E-state index in [0.29, 0.717) is 12.3 Å². The lowest BCUT2D eigenvalue weighted by Crippen LogP contribution is -2.31. The molecule has 1 aromatic carbocycles. The summed E-state index contributed by atoms with van der Waals surface area (Å²) in [7, 11) is 0. The van der Waals surface area contributed by atoms with Gasteiger partial charge in [-0.3, -0.25) is 14.9 Å². The Bertz CT molecular complexity index is 780. The Kier molecular flexibility index (Phi) is 6.70. The average molecular weight is 348 g/mol. The second-order valence-electron chi connectivity index (χ2n) is 6.16. The summed E-state index contributed by atoms with van der Waals surface area (Å²) in [6.07, 6.45) is 3.62. The number of nitrogens with zero attached hydrogens (tertiary/aromatic N) is 3. The van der Waals surface area contributed by atoms with Crippen LogP contribution in [0.15, 0.2) is 73.1 Å². The van der Waals surface area contributed by atoms with E-state index in [-0.39, 0.29) is 0 Å². The van der Waals surface area contributed by atoms with E-state index >= 15 is 0 Å². The third kappa shape index (κ3) is 5.65. The van der Waals surface area contributed by atoms with Crippen LogP contribution in [-0.4, -0.2) is 33.1 Å². The van der Waals surface area contributed by atoms with E-state index < -0.39 is 0 Å². The third-order valence-electron chi connectivity index (χ3n) is 4.13. The fourth-order valence-corrected chi connectivity index (χ4v) is 2.78. The van der Waals surface area contributed by atoms with E-state index in [0.717, 1.165) is 43.1 Å². The van der Waals surface area contributed by atoms with Gasteiger partial charge in [-0.2, -0.15) is 0 Å². The maximum Gasteiger partial charge on any atom is 0.120 e. The predicted molar refractivity (Wildman–Crippen MR) is 102 cm³/mol. The van der Waals surface area contributed by atoms with E-state index in [1.165, 1.54) is 0 Å². The minimum absolute atomic E-state index is 0.333. The molecular weight excluding hydrogens is 324 g/mol. The molecular formula is C21H24N4O. The first kappa shape index (κ1) is 18.0. The van der Waals surface area contributed by atoms with Crippen molar-refractivity contribution in [3.63, 3.8) is 0 Å². The summed E-state index contributed by atoms with van der Waals surface area (Å²) in [4.78, 5) is 11.0. The number of phenolic OH excluding ortho intramolecular Hbond substituents is 1. The molecule has 134 valence electrons. The summed E-state index contributed by atoms with van der Waals surface area (Å²) < 4.78 is 0. The maximum absolute atomic E-state index is 10.1. The highest BCUT2D eigenvalue weighted by Crippen LogP contribution is 2.18. The number of nitrogens with one attached hydrogen (secondary N) is 1. The molecule has 0 aliphatic heterocycles. The second-order valence-corrected chi connectivity index (χ2v) is 6.16. The Labute approximate surface area is 154 Å². The highest BCUT2D eigenvalue weighted by Gasteiger charge is 2.10. The molecule has 0 aliphatic rings. The normalized spacial score (nSPS) is 11.0. The SMILES string of the molecule is Oc1ccccc1CN(CCNCc1ccccn1)Cc1ccccn1. The molecule has 0 atom stereocenters. The minimum Gasteiger partial charge on any atom is -0.508 e. The summed E-state index contributed by atoms with van der Waals surface area (Å²) in [5, 5.41) is 13.5. The average Bonchev–Trinajstić information content (AvgIpc) is 2.68. The van der Waals surface area contributed by atoms with Crippen molar-refractivity contribution in [2.45, 2.75) is 19.6 Å². The van der Waals surface area contributed by atoms with Crippen molar-refractivity contribution in [1.82, 2.24) is 20.2 Å². The van der Waals surface area contributed by atoms with Crippen LogP contribution in [0.25, 0.3) is 0 Å². The zero-order valence-corrected chi connectivity index (χ0v) is 14.8. The van der Waals surface area contributed by atoms with E-state index in [1.54, 1.807) is 6.07 Å². The summed E-state index contributed by atoms with van der Waals surface area (Å²) in [6, 6.07) is 19.4. The molecule has 0 radical (unpaired) electrons. The number of aromatic hydroxyl groups is 1. The Balaban J connectivity index is 1.58. The van der Waals surface area contributed by atoms with Crippen LogP contribution in [0.4, 0.5) is 0 Å². The third-order valence-corrected chi connectivity index (χ3v) is 4.13. The standard InChI is InChI=1S/C21H24N4O/c26-21-10-2-1-7-18(21)16-25(17-20-9-4-6-12-24-20)14-13-22-15-19-8-3-5-11-23-19/h1-12,22,26H,13-17H2. The van der Waals surface area contributed by atoms with Crippen molar-refractivity contribution in [3.8, 4) is 5.75 Å². The van der Waals surface area contributed by atoms with Crippen molar-refractivity contribution < 1.29 is 5.11 Å². The zero-order valence-electron chi connectivity index (χ0n) is 14.8. The number of hydrogen-bond acceptors (Lipinski definition) is 5. The topological polar surface area (TPSA) is 61.3 Å². The lowest BCUT2D eigenvalue weighted by Gasteiger charge is -2.22. The quantitative estimate of drug-likeness (QED) is 0.582. The summed E-state index contributed by atoms with van der Waals surface area (Å²) in [5.74, 6) is 0.333. The van der Waals surface area contributed by atoms with E-state index in [1.807, 2.05) is 67.0 Å². The van der Waals surface area contributed by atoms with Crippen LogP contribution < -0.4 is 5.32 Å². The molecule has 0 spiro atoms. The largest absolute Gasteiger partial charge is 0.508 e. The summed E-state index contributed by atoms with van der Waals surface area (Å²) >= 11 is 0. The smallest absolute Gasteiger partial charge is 0.120 e. The monoisotopic (exact) mass is 348 g/mol. The van der Waals surface area contributed by atoms with Crippen LogP contribution in [0, 0.1) is 0 Å². The number of hydrogen-bond donors (Lipinski definition) is 2. The Hall–Kier alpha value is -2.76. The van der Waals surface area contributed by atoms with Gasteiger partial charge in [-0.15, -0.1) is 0 Å². The van der Waals surface area contributed by atoms with Gasteiger partial charge < -0.3 is 10.4 Å². The van der Waals surface area contributed by atoms with Gasteiger partial charge >= 0.3 is 0 Å². The van der Waals surface area contributed by atoms with Gasteiger partial charge in [-0.25, -0.2) is 0 Å². The molecule has 26 heavy (non-hydrogen) atoms. The van der Waals surface area contributed by atoms with Gasteiger partial charge in [-0.1, -0.05) is 30.3 Å². The Morgan fingerprint density at radius 3 is 2.19 bits per heavy atom. The lowest BCUT2D eigenvalue weighted by molar-refractivity contribution is 0.250. The number of phenols is 1. The number of aromatic nitrogens is 2. The van der Waals surface area contributed by atoms with Gasteiger partial charge in [0, 0.05) is 50.7 Å². The molecule has 0 aliphatic carbocycles. The molecule has 5 heteroatoms. The van der Waals surface area contributed by atoms with Crippen molar-refractivity contribution in [2.75, 3.05) is 13.1 Å². The van der Waals surface area contributed by atoms with Crippen molar-refractivity contribution in [1.29, 1.82) is 0 Å². The van der Waals surface area contributed by atoms with Crippen LogP contribution in [0.3, 0.4) is 0 Å². The fraction of sp³-hybridized carbons (Fsp3) is 0.238. The van der Waals surface area contributed by atoms with E-state index in [9.17, 15) is 5.11 Å². The lowest BCUT2D eigenvalue weighted by atomic mass is 10.2. The molecule has 2 aromatic heterocycles. The molecule has 0 fully saturated rings. The molecule has 0 amide bonds. The van der Waals surface area contributed by atoms with Crippen molar-refractivity contribution in [2.24, 2.45) is 0 Å². The zero-order chi connectivity index (χ0) is 18.0. The second kappa shape index (κ2) is 9.65. The van der Waals surface area contributed by atoms with E-state index in [2.05, 4.69) is 20.2 Å². The Morgan fingerprint density at radius 2 is 1.50 bits per heavy atom. The van der Waals surface area contributed by atoms with Crippen molar-refractivity contribution >= 4 is 0 Å². The molecule has 3 aromatic rings. The molecule has 0 bridgehead atoms. The number of benzene rings is 1. The van der Waals surface area contributed by atoms with Gasteiger partial charge in [0.25, 0.3) is 0 Å². The Morgan fingerprint density at radius 1 is 0.808 bits per heavy atom. The first-order valence-electron chi connectivity index (χ1n) is 8.81. The van der Waals surface area contributed by atoms with Gasteiger partial charge in [0.15, 0.2) is 0 Å². The molecule has 3 rings (SSSR count). The van der Waals surface area contributed by atoms with Gasteiger partial charge in [0.1, 0.15) is 5.75 Å². The molecule has 2 heterocycles. The number of pyridine rings is 2. The molecule has 5 nitrogen and oxygen atoms in total. The van der Waals surface area contributed by atoms with Gasteiger partial charge in [-0.05, 0) is 30.3 Å². The van der Waals surface area contributed by atoms with Crippen LogP contribution in [0.2, 0.25) is 0 Å². The first-order chi connectivity index (χ1) is 12.8. The highest BCUT2D eigenvalue weighted by atomic mass is 16.3. The highest BCUT2D eigenvalue weighted by molar-refractivity contribution is 5.31. The number of rotatable bonds is 9. The van der Waals surface area contributed by atoms with Crippen molar-refractivity contribution in [3.05, 3.63) is 90.0 Å². The molecule has 0 unspecified atom stereocenters. The number of para-hydroxylation sites is 1. The summed E-state index contributed by atoms with van der Waals surface area (Å²) in [6.45, 7) is 3.83. The van der Waals surface area contributed by atoms with Crippen LogP contribution in [-0.2, 0) is 19.6 Å². The predicted octanol–water partition coefficient (Wildman–Crippen LogP) is 2.97. The summed E-state index contributed by atoms with van der Waals surface area (Å²) in [5.41, 5.74) is 2.98. The molecule has 0 saturated carbocycles. The molecule has 0 saturated heterocycles.